The fraction of sp³-hybridized carbons (Fsp3) is 0.211. The lowest BCUT2D eigenvalue weighted by Crippen LogP contribution is -2.03. The van der Waals surface area contributed by atoms with E-state index in [9.17, 15) is 14.9 Å². The van der Waals surface area contributed by atoms with Gasteiger partial charge < -0.3 is 14.0 Å². The summed E-state index contributed by atoms with van der Waals surface area (Å²) in [5, 5.41) is 11.8. The van der Waals surface area contributed by atoms with Gasteiger partial charge in [0.15, 0.2) is 0 Å². The van der Waals surface area contributed by atoms with Crippen molar-refractivity contribution in [2.75, 3.05) is 14.1 Å². The van der Waals surface area contributed by atoms with Crippen molar-refractivity contribution >= 4 is 22.6 Å². The summed E-state index contributed by atoms with van der Waals surface area (Å²) < 4.78 is 54.5. The van der Waals surface area contributed by atoms with E-state index in [1.165, 1.54) is 24.3 Å². The molecule has 1 heterocycles. The van der Waals surface area contributed by atoms with E-state index in [1.807, 2.05) is 0 Å². The molecule has 0 saturated carbocycles. The lowest BCUT2D eigenvalue weighted by Gasteiger charge is -2.10. The number of non-ortho nitro benzene ring substituents is 1. The molecule has 7 heteroatoms. The van der Waals surface area contributed by atoms with E-state index in [1.54, 1.807) is 23.9 Å². The van der Waals surface area contributed by atoms with Crippen LogP contribution in [0.3, 0.4) is 0 Å². The highest BCUT2D eigenvalue weighted by molar-refractivity contribution is 5.90. The number of aromatic nitrogens is 1. The maximum Gasteiger partial charge on any atom is 0.337 e. The molecule has 0 atom stereocenters. The number of carbonyl (C=O) groups is 1. The molecule has 0 fully saturated rings. The summed E-state index contributed by atoms with van der Waals surface area (Å²) in [7, 11) is -4.03. The average Bonchev–Trinajstić information content (AvgIpc) is 2.95. The number of nitrogens with zero attached hydrogens (tertiary/aromatic N) is 2. The number of aryl methyl sites for hydroxylation is 1. The number of esters is 1. The summed E-state index contributed by atoms with van der Waals surface area (Å²) in [5.41, 5.74) is 1.50. The number of nitro groups is 1. The fourth-order valence-corrected chi connectivity index (χ4v) is 2.90. The normalized spacial score (nSPS) is 15.1. The molecule has 3 aromatic rings. The van der Waals surface area contributed by atoms with Crippen molar-refractivity contribution in [1.29, 1.82) is 0 Å². The van der Waals surface area contributed by atoms with E-state index in [2.05, 4.69) is 4.74 Å². The Morgan fingerprint density at radius 1 is 1.23 bits per heavy atom. The number of nitro benzene ring substituents is 1. The molecular weight excluding hydrogens is 336 g/mol. The average molecular weight is 360 g/mol. The monoisotopic (exact) mass is 360 g/mol. The number of ether oxygens (including phenoxy) is 2. The minimum Gasteiger partial charge on any atom is -0.496 e. The first-order chi connectivity index (χ1) is 14.7. The maximum atomic E-state index is 12.1. The van der Waals surface area contributed by atoms with Crippen LogP contribution in [-0.2, 0) is 18.2 Å². The van der Waals surface area contributed by atoms with Crippen molar-refractivity contribution in [1.82, 2.24) is 4.57 Å². The zero-order valence-electron chi connectivity index (χ0n) is 19.7. The number of hydrogen-bond acceptors (Lipinski definition) is 5. The minimum atomic E-state index is -2.96. The Hall–Kier alpha value is -3.35. The molecule has 0 radical (unpaired) electrons. The third-order valence-electron chi connectivity index (χ3n) is 4.15. The van der Waals surface area contributed by atoms with E-state index in [0.29, 0.717) is 16.5 Å². The molecular formula is C19H18N2O5. The maximum absolute atomic E-state index is 12.1. The number of carbonyl (C=O) groups excluding carboxylic acids is 1. The highest BCUT2D eigenvalue weighted by Crippen LogP contribution is 2.30. The van der Waals surface area contributed by atoms with Crippen LogP contribution >= 0.6 is 0 Å². The van der Waals surface area contributed by atoms with Crippen LogP contribution in [0.15, 0.2) is 42.6 Å². The van der Waals surface area contributed by atoms with Gasteiger partial charge in [-0.3, -0.25) is 10.1 Å². The number of fused-ring (bicyclic) bond motifs is 1. The second-order valence-electron chi connectivity index (χ2n) is 5.71. The molecule has 0 saturated heterocycles. The van der Waals surface area contributed by atoms with E-state index in [0.717, 1.165) is 11.6 Å². The first-order valence-corrected chi connectivity index (χ1v) is 7.51. The van der Waals surface area contributed by atoms with E-state index in [-0.39, 0.29) is 23.4 Å². The Balaban J connectivity index is 2.04. The summed E-state index contributed by atoms with van der Waals surface area (Å²) in [6.45, 7) is 0. The van der Waals surface area contributed by atoms with Crippen molar-refractivity contribution in [3.63, 3.8) is 0 Å². The summed E-state index contributed by atoms with van der Waals surface area (Å²) in [6, 6.07) is 8.25. The van der Waals surface area contributed by atoms with E-state index >= 15 is 0 Å². The van der Waals surface area contributed by atoms with Crippen LogP contribution < -0.4 is 4.74 Å². The van der Waals surface area contributed by atoms with E-state index in [4.69, 9.17) is 13.0 Å². The molecule has 0 unspecified atom stereocenters. The second-order valence-corrected chi connectivity index (χ2v) is 5.71. The van der Waals surface area contributed by atoms with Gasteiger partial charge in [0.2, 0.25) is 0 Å². The number of rotatable bonds is 5. The molecule has 0 amide bonds. The minimum absolute atomic E-state index is 0.0910. The second kappa shape index (κ2) is 6.87. The molecule has 3 rings (SSSR count). The van der Waals surface area contributed by atoms with Gasteiger partial charge in [0, 0.05) is 42.7 Å². The number of benzene rings is 2. The van der Waals surface area contributed by atoms with Crippen molar-refractivity contribution in [3.05, 3.63) is 69.4 Å². The third-order valence-corrected chi connectivity index (χ3v) is 4.15. The Bertz CT molecular complexity index is 1200. The van der Waals surface area contributed by atoms with Gasteiger partial charge in [0.25, 0.3) is 5.69 Å². The molecule has 0 spiro atoms. The standard InChI is InChI=1S/C19H18N2O5/c1-20-11-14(16-10-15(21(23)24)6-7-17(16)20)8-12-4-5-13(19(22)26-3)9-18(12)25-2/h4-7,9-11H,8H2,1-3H3/i2D3,3D3. The molecule has 0 bridgehead atoms. The largest absolute Gasteiger partial charge is 0.496 e. The summed E-state index contributed by atoms with van der Waals surface area (Å²) in [4.78, 5) is 22.7. The SMILES string of the molecule is [2H]C([2H])([2H])OC(=O)c1ccc(Cc2cn(C)c3ccc([N+](=O)[O-])cc23)c(OC([2H])([2H])[2H])c1. The number of methoxy groups -OCH3 is 2. The fourth-order valence-electron chi connectivity index (χ4n) is 2.90. The molecule has 0 N–H and O–H groups in total. The summed E-state index contributed by atoms with van der Waals surface area (Å²) in [6.07, 6.45) is 1.89. The van der Waals surface area contributed by atoms with Gasteiger partial charge in [-0.15, -0.1) is 0 Å². The zero-order valence-corrected chi connectivity index (χ0v) is 13.7. The zero-order chi connectivity index (χ0) is 23.8. The van der Waals surface area contributed by atoms with Gasteiger partial charge >= 0.3 is 5.97 Å². The van der Waals surface area contributed by atoms with Crippen LogP contribution in [0, 0.1) is 10.1 Å². The molecule has 7 nitrogen and oxygen atoms in total. The molecule has 2 aromatic carbocycles. The van der Waals surface area contributed by atoms with Crippen LogP contribution in [0.1, 0.15) is 29.7 Å². The predicted molar refractivity (Wildman–Crippen MR) is 96.7 cm³/mol. The van der Waals surface area contributed by atoms with Gasteiger partial charge in [-0.2, -0.15) is 0 Å². The van der Waals surface area contributed by atoms with Gasteiger partial charge in [-0.25, -0.2) is 4.79 Å². The third kappa shape index (κ3) is 3.11. The van der Waals surface area contributed by atoms with Crippen LogP contribution in [0.25, 0.3) is 10.9 Å². The van der Waals surface area contributed by atoms with Crippen molar-refractivity contribution < 1.29 is 27.4 Å². The highest BCUT2D eigenvalue weighted by Gasteiger charge is 2.15. The summed E-state index contributed by atoms with van der Waals surface area (Å²) >= 11 is 0. The Kier molecular flexibility index (Phi) is 2.99. The van der Waals surface area contributed by atoms with Crippen LogP contribution in [-0.4, -0.2) is 29.5 Å². The lowest BCUT2D eigenvalue weighted by molar-refractivity contribution is -0.384. The van der Waals surface area contributed by atoms with Gasteiger partial charge in [0.1, 0.15) is 5.75 Å². The van der Waals surface area contributed by atoms with Crippen molar-refractivity contribution in [2.24, 2.45) is 7.05 Å². The number of hydrogen-bond donors (Lipinski definition) is 0. The topological polar surface area (TPSA) is 83.6 Å². The van der Waals surface area contributed by atoms with Gasteiger partial charge in [0.05, 0.1) is 32.8 Å². The van der Waals surface area contributed by atoms with Crippen LogP contribution in [0.5, 0.6) is 5.75 Å². The Morgan fingerprint density at radius 2 is 2.08 bits per heavy atom. The molecule has 0 aliphatic rings. The first kappa shape index (κ1) is 11.3. The molecule has 0 aliphatic carbocycles. The molecule has 134 valence electrons. The first-order valence-electron chi connectivity index (χ1n) is 10.5. The van der Waals surface area contributed by atoms with Gasteiger partial charge in [-0.05, 0) is 29.3 Å². The van der Waals surface area contributed by atoms with Crippen LogP contribution in [0.4, 0.5) is 5.69 Å². The molecule has 26 heavy (non-hydrogen) atoms. The highest BCUT2D eigenvalue weighted by atomic mass is 16.6. The Morgan fingerprint density at radius 3 is 2.81 bits per heavy atom. The Labute approximate surface area is 158 Å². The molecule has 1 aromatic heterocycles. The van der Waals surface area contributed by atoms with E-state index < -0.39 is 25.0 Å². The van der Waals surface area contributed by atoms with Crippen molar-refractivity contribution in [3.8, 4) is 5.75 Å². The lowest BCUT2D eigenvalue weighted by atomic mass is 10.0. The van der Waals surface area contributed by atoms with Crippen molar-refractivity contribution in [2.45, 2.75) is 6.42 Å². The van der Waals surface area contributed by atoms with Gasteiger partial charge in [-0.1, -0.05) is 6.07 Å². The predicted octanol–water partition coefficient (Wildman–Crippen LogP) is 3.47. The summed E-state index contributed by atoms with van der Waals surface area (Å²) in [5.74, 6) is -1.32. The van der Waals surface area contributed by atoms with Crippen LogP contribution in [0.2, 0.25) is 0 Å². The molecule has 0 aliphatic heterocycles. The quantitative estimate of drug-likeness (QED) is 0.395. The smallest absolute Gasteiger partial charge is 0.337 e.